The van der Waals surface area contributed by atoms with E-state index >= 15 is 0 Å². The molecule has 36 heavy (non-hydrogen) atoms. The van der Waals surface area contributed by atoms with Gasteiger partial charge in [0.1, 0.15) is 10.9 Å². The van der Waals surface area contributed by atoms with Crippen molar-refractivity contribution >= 4 is 85.4 Å². The summed E-state index contributed by atoms with van der Waals surface area (Å²) in [4.78, 5) is 43.3. The Morgan fingerprint density at radius 1 is 1.11 bits per heavy atom. The second kappa shape index (κ2) is 11.7. The first-order valence-corrected chi connectivity index (χ1v) is 13.4. The van der Waals surface area contributed by atoms with Crippen molar-refractivity contribution in [2.75, 3.05) is 26.5 Å². The molecule has 186 valence electrons. The number of carbonyl (C=O) groups is 3. The van der Waals surface area contributed by atoms with Gasteiger partial charge in [-0.2, -0.15) is 0 Å². The molecule has 2 N–H and O–H groups in total. The monoisotopic (exact) mass is 560 g/mol. The third kappa shape index (κ3) is 6.16. The number of para-hydroxylation sites is 1. The van der Waals surface area contributed by atoms with Gasteiger partial charge in [-0.3, -0.25) is 30.1 Å². The number of rotatable bonds is 8. The molecule has 0 bridgehead atoms. The number of methoxy groups -OCH3 is 2. The van der Waals surface area contributed by atoms with Crippen molar-refractivity contribution in [2.24, 2.45) is 0 Å². The molecule has 0 aliphatic carbocycles. The summed E-state index contributed by atoms with van der Waals surface area (Å²) in [6, 6.07) is 13.0. The van der Waals surface area contributed by atoms with E-state index in [1.165, 1.54) is 42.2 Å². The average molecular weight is 561 g/mol. The molecule has 1 fully saturated rings. The van der Waals surface area contributed by atoms with Crippen LogP contribution < -0.4 is 20.3 Å². The molecule has 9 nitrogen and oxygen atoms in total. The molecule has 1 aliphatic heterocycles. The fraction of sp³-hybridized carbons (Fsp3) is 0.174. The minimum absolute atomic E-state index is 0.0786. The summed E-state index contributed by atoms with van der Waals surface area (Å²) in [7, 11) is 3.07. The molecule has 0 spiro atoms. The van der Waals surface area contributed by atoms with Gasteiger partial charge in [0.05, 0.1) is 35.1 Å². The molecule has 1 saturated heterocycles. The van der Waals surface area contributed by atoms with Crippen molar-refractivity contribution in [2.45, 2.75) is 4.34 Å². The molecule has 0 atom stereocenters. The molecule has 1 aromatic heterocycles. The highest BCUT2D eigenvalue weighted by Crippen LogP contribution is 2.34. The molecule has 0 radical (unpaired) electrons. The maximum Gasteiger partial charge on any atom is 0.266 e. The first-order chi connectivity index (χ1) is 17.4. The molecule has 2 aromatic carbocycles. The number of hydrazine groups is 1. The summed E-state index contributed by atoms with van der Waals surface area (Å²) < 4.78 is 12.6. The number of nitrogens with zero attached hydrogens (tertiary/aromatic N) is 2. The van der Waals surface area contributed by atoms with Crippen molar-refractivity contribution in [3.63, 3.8) is 0 Å². The first-order valence-electron chi connectivity index (χ1n) is 10.4. The number of aromatic nitrogens is 1. The number of thiocarbonyl (C=S) groups is 1. The highest BCUT2D eigenvalue weighted by atomic mass is 32.2. The second-order valence-electron chi connectivity index (χ2n) is 7.21. The van der Waals surface area contributed by atoms with Crippen LogP contribution >= 0.6 is 47.1 Å². The van der Waals surface area contributed by atoms with E-state index in [0.717, 1.165) is 31.9 Å². The Balaban J connectivity index is 1.28. The fourth-order valence-electron chi connectivity index (χ4n) is 3.13. The molecular formula is C23H20N4O5S4. The summed E-state index contributed by atoms with van der Waals surface area (Å²) in [6.07, 6.45) is 1.67. The Hall–Kier alpha value is -3.13. The molecule has 3 aromatic rings. The zero-order chi connectivity index (χ0) is 25.7. The predicted molar refractivity (Wildman–Crippen MR) is 146 cm³/mol. The number of hydrogen-bond acceptors (Lipinski definition) is 10. The lowest BCUT2D eigenvalue weighted by Crippen LogP contribution is -2.47. The summed E-state index contributed by atoms with van der Waals surface area (Å²) >= 11 is 9.15. The molecule has 13 heteroatoms. The quantitative estimate of drug-likeness (QED) is 0.185. The van der Waals surface area contributed by atoms with Crippen LogP contribution in [0.5, 0.6) is 11.5 Å². The van der Waals surface area contributed by atoms with Gasteiger partial charge in [-0.1, -0.05) is 53.9 Å². The van der Waals surface area contributed by atoms with Gasteiger partial charge in [0.2, 0.25) is 5.91 Å². The molecule has 1 aliphatic rings. The Morgan fingerprint density at radius 2 is 1.86 bits per heavy atom. The molecule has 2 heterocycles. The maximum atomic E-state index is 12.8. The third-order valence-electron chi connectivity index (χ3n) is 4.82. The lowest BCUT2D eigenvalue weighted by Gasteiger charge is -2.14. The zero-order valence-electron chi connectivity index (χ0n) is 19.1. The predicted octanol–water partition coefficient (Wildman–Crippen LogP) is 3.45. The third-order valence-corrected chi connectivity index (χ3v) is 8.38. The number of benzene rings is 2. The molecule has 0 unspecified atom stereocenters. The van der Waals surface area contributed by atoms with Gasteiger partial charge in [-0.25, -0.2) is 4.98 Å². The molecular weight excluding hydrogens is 541 g/mol. The standard InChI is InChI=1S/C23H20N4O5S4/c1-31-15-8-7-13(9-16(15)32-2)10-18-21(30)27(23(33)36-18)11-19(28)25-26-20(29)12-34-22-24-14-5-3-4-6-17(14)35-22/h3-10H,11-12H2,1-2H3,(H,25,28)(H,26,29). The van der Waals surface area contributed by atoms with Gasteiger partial charge in [-0.05, 0) is 35.9 Å². The Labute approximate surface area is 224 Å². The van der Waals surface area contributed by atoms with E-state index < -0.39 is 17.7 Å². The number of thiazole rings is 1. The number of ether oxygens (including phenoxy) is 2. The van der Waals surface area contributed by atoms with Crippen LogP contribution in [0.15, 0.2) is 51.7 Å². The minimum atomic E-state index is -0.572. The van der Waals surface area contributed by atoms with E-state index in [1.54, 1.807) is 24.3 Å². The number of thioether (sulfide) groups is 2. The smallest absolute Gasteiger partial charge is 0.266 e. The van der Waals surface area contributed by atoms with Crippen LogP contribution in [0.25, 0.3) is 16.3 Å². The van der Waals surface area contributed by atoms with Gasteiger partial charge in [0, 0.05) is 0 Å². The fourth-order valence-corrected chi connectivity index (χ4v) is 6.25. The average Bonchev–Trinajstić information content (AvgIpc) is 3.41. The second-order valence-corrected chi connectivity index (χ2v) is 11.1. The zero-order valence-corrected chi connectivity index (χ0v) is 22.4. The molecule has 4 rings (SSSR count). The summed E-state index contributed by atoms with van der Waals surface area (Å²) in [5.74, 6) is -0.191. The Morgan fingerprint density at radius 3 is 2.61 bits per heavy atom. The van der Waals surface area contributed by atoms with Gasteiger partial charge in [0.25, 0.3) is 11.8 Å². The number of carbonyl (C=O) groups excluding carboxylic acids is 3. The van der Waals surface area contributed by atoms with Crippen molar-refractivity contribution < 1.29 is 23.9 Å². The van der Waals surface area contributed by atoms with E-state index in [9.17, 15) is 14.4 Å². The molecule has 0 saturated carbocycles. The van der Waals surface area contributed by atoms with Crippen LogP contribution in [0.4, 0.5) is 0 Å². The SMILES string of the molecule is COc1ccc(C=C2SC(=S)N(CC(=O)NNC(=O)CSc3nc4ccccc4s3)C2=O)cc1OC. The van der Waals surface area contributed by atoms with Crippen molar-refractivity contribution in [1.29, 1.82) is 0 Å². The van der Waals surface area contributed by atoms with Gasteiger partial charge in [0.15, 0.2) is 15.8 Å². The highest BCUT2D eigenvalue weighted by molar-refractivity contribution is 8.26. The van der Waals surface area contributed by atoms with Crippen LogP contribution in [-0.2, 0) is 14.4 Å². The topological polar surface area (TPSA) is 110 Å². The van der Waals surface area contributed by atoms with Crippen molar-refractivity contribution in [1.82, 2.24) is 20.7 Å². The largest absolute Gasteiger partial charge is 0.493 e. The number of nitrogens with one attached hydrogen (secondary N) is 2. The van der Waals surface area contributed by atoms with Gasteiger partial charge >= 0.3 is 0 Å². The van der Waals surface area contributed by atoms with E-state index in [2.05, 4.69) is 15.8 Å². The Bertz CT molecular complexity index is 1340. The highest BCUT2D eigenvalue weighted by Gasteiger charge is 2.33. The molecule has 3 amide bonds. The van der Waals surface area contributed by atoms with E-state index in [1.807, 2.05) is 24.3 Å². The maximum absolute atomic E-state index is 12.8. The number of hydrogen-bond donors (Lipinski definition) is 2. The summed E-state index contributed by atoms with van der Waals surface area (Å²) in [5.41, 5.74) is 6.27. The normalized spacial score (nSPS) is 14.4. The van der Waals surface area contributed by atoms with Crippen LogP contribution in [-0.4, -0.2) is 58.4 Å². The summed E-state index contributed by atoms with van der Waals surface area (Å²) in [6.45, 7) is -0.320. The van der Waals surface area contributed by atoms with Crippen LogP contribution in [0.2, 0.25) is 0 Å². The Kier molecular flexibility index (Phi) is 8.46. The number of amides is 3. The van der Waals surface area contributed by atoms with Crippen molar-refractivity contribution in [3.05, 3.63) is 52.9 Å². The van der Waals surface area contributed by atoms with Crippen LogP contribution in [0.1, 0.15) is 5.56 Å². The van der Waals surface area contributed by atoms with E-state index in [-0.39, 0.29) is 16.6 Å². The van der Waals surface area contributed by atoms with Crippen LogP contribution in [0, 0.1) is 0 Å². The van der Waals surface area contributed by atoms with Crippen molar-refractivity contribution in [3.8, 4) is 11.5 Å². The summed E-state index contributed by atoms with van der Waals surface area (Å²) in [5, 5.41) is 0. The first kappa shape index (κ1) is 25.9. The van der Waals surface area contributed by atoms with E-state index in [4.69, 9.17) is 21.7 Å². The minimum Gasteiger partial charge on any atom is -0.493 e. The lowest BCUT2D eigenvalue weighted by molar-refractivity contribution is -0.131. The van der Waals surface area contributed by atoms with Crippen LogP contribution in [0.3, 0.4) is 0 Å². The van der Waals surface area contributed by atoms with E-state index in [0.29, 0.717) is 16.4 Å². The van der Waals surface area contributed by atoms with Gasteiger partial charge in [-0.15, -0.1) is 11.3 Å². The van der Waals surface area contributed by atoms with Gasteiger partial charge < -0.3 is 9.47 Å². The number of fused-ring (bicyclic) bond motifs is 1. The lowest BCUT2D eigenvalue weighted by atomic mass is 10.2.